The van der Waals surface area contributed by atoms with Crippen LogP contribution in [0, 0.1) is 11.8 Å². The van der Waals surface area contributed by atoms with Gasteiger partial charge in [0.1, 0.15) is 0 Å². The zero-order chi connectivity index (χ0) is 11.1. The van der Waals surface area contributed by atoms with Gasteiger partial charge < -0.3 is 15.0 Å². The van der Waals surface area contributed by atoms with Crippen LogP contribution in [-0.4, -0.2) is 49.2 Å². The van der Waals surface area contributed by atoms with Crippen LogP contribution in [0.2, 0.25) is 0 Å². The maximum absolute atomic E-state index is 12.4. The van der Waals surface area contributed by atoms with Gasteiger partial charge in [0.05, 0.1) is 18.1 Å². The van der Waals surface area contributed by atoms with Crippen molar-refractivity contribution in [3.63, 3.8) is 0 Å². The number of hydrogen-bond acceptors (Lipinski definition) is 3. The molecule has 0 saturated carbocycles. The van der Waals surface area contributed by atoms with Gasteiger partial charge in [-0.1, -0.05) is 19.1 Å². The van der Waals surface area contributed by atoms with Gasteiger partial charge in [-0.05, 0) is 0 Å². The predicted octanol–water partition coefficient (Wildman–Crippen LogP) is 0.00770. The highest BCUT2D eigenvalue weighted by atomic mass is 16.5. The molecule has 4 unspecified atom stereocenters. The van der Waals surface area contributed by atoms with E-state index in [2.05, 4.69) is 24.4 Å². The average Bonchev–Trinajstić information content (AvgIpc) is 2.90. The maximum Gasteiger partial charge on any atom is 0.229 e. The fourth-order valence-corrected chi connectivity index (χ4v) is 2.96. The normalized spacial score (nSPS) is 41.7. The van der Waals surface area contributed by atoms with Crippen molar-refractivity contribution < 1.29 is 9.53 Å². The van der Waals surface area contributed by atoms with Gasteiger partial charge in [0, 0.05) is 32.1 Å². The van der Waals surface area contributed by atoms with Crippen LogP contribution in [-0.2, 0) is 9.53 Å². The van der Waals surface area contributed by atoms with Crippen LogP contribution in [0.4, 0.5) is 0 Å². The Bertz CT molecular complexity index is 323. The van der Waals surface area contributed by atoms with E-state index in [4.69, 9.17) is 4.74 Å². The molecule has 2 fully saturated rings. The Morgan fingerprint density at radius 3 is 2.62 bits per heavy atom. The maximum atomic E-state index is 12.4. The van der Waals surface area contributed by atoms with Crippen molar-refractivity contribution in [2.24, 2.45) is 11.8 Å². The molecule has 4 heteroatoms. The molecule has 3 heterocycles. The van der Waals surface area contributed by atoms with E-state index in [-0.39, 0.29) is 24.0 Å². The van der Waals surface area contributed by atoms with E-state index in [0.29, 0.717) is 5.92 Å². The first kappa shape index (κ1) is 10.3. The molecular formula is C12H18N2O2. The van der Waals surface area contributed by atoms with Gasteiger partial charge >= 0.3 is 0 Å². The lowest BCUT2D eigenvalue weighted by Crippen LogP contribution is -2.50. The summed E-state index contributed by atoms with van der Waals surface area (Å²) in [5.41, 5.74) is 0. The smallest absolute Gasteiger partial charge is 0.229 e. The number of nitrogens with zero attached hydrogens (tertiary/aromatic N) is 1. The minimum atomic E-state index is 0.0300. The summed E-state index contributed by atoms with van der Waals surface area (Å²) in [4.78, 5) is 14.4. The van der Waals surface area contributed by atoms with Gasteiger partial charge in [-0.2, -0.15) is 0 Å². The van der Waals surface area contributed by atoms with Crippen molar-refractivity contribution in [3.05, 3.63) is 12.2 Å². The zero-order valence-electron chi connectivity index (χ0n) is 9.56. The Hall–Kier alpha value is -0.870. The van der Waals surface area contributed by atoms with E-state index in [0.717, 1.165) is 26.2 Å². The summed E-state index contributed by atoms with van der Waals surface area (Å²) < 4.78 is 5.73. The lowest BCUT2D eigenvalue weighted by molar-refractivity contribution is -0.138. The molecule has 0 radical (unpaired) electrons. The Balaban J connectivity index is 1.72. The van der Waals surface area contributed by atoms with Crippen molar-refractivity contribution in [2.75, 3.05) is 26.2 Å². The molecule has 2 saturated heterocycles. The first-order valence-electron chi connectivity index (χ1n) is 6.10. The summed E-state index contributed by atoms with van der Waals surface area (Å²) in [7, 11) is 0. The van der Waals surface area contributed by atoms with E-state index in [1.165, 1.54) is 0 Å². The molecule has 0 aromatic rings. The molecule has 1 amide bonds. The molecule has 88 valence electrons. The number of piperazine rings is 1. The van der Waals surface area contributed by atoms with Crippen LogP contribution in [0.25, 0.3) is 0 Å². The second-order valence-electron chi connectivity index (χ2n) is 4.91. The molecular weight excluding hydrogens is 204 g/mol. The molecule has 3 aliphatic rings. The SMILES string of the molecule is CC1C2C=CC(O2)C1C(=O)N1CCNCC1. The average molecular weight is 222 g/mol. The van der Waals surface area contributed by atoms with E-state index >= 15 is 0 Å². The third kappa shape index (κ3) is 1.48. The largest absolute Gasteiger partial charge is 0.366 e. The van der Waals surface area contributed by atoms with Crippen molar-refractivity contribution in [3.8, 4) is 0 Å². The van der Waals surface area contributed by atoms with Gasteiger partial charge in [0.15, 0.2) is 0 Å². The lowest BCUT2D eigenvalue weighted by Gasteiger charge is -2.32. The van der Waals surface area contributed by atoms with E-state index in [1.54, 1.807) is 0 Å². The Kier molecular flexibility index (Phi) is 2.48. The third-order valence-corrected chi connectivity index (χ3v) is 3.96. The zero-order valence-corrected chi connectivity index (χ0v) is 9.56. The molecule has 0 aromatic heterocycles. The Labute approximate surface area is 95.6 Å². The van der Waals surface area contributed by atoms with E-state index in [1.807, 2.05) is 4.90 Å². The lowest BCUT2D eigenvalue weighted by atomic mass is 9.83. The molecule has 0 aromatic carbocycles. The molecule has 4 nitrogen and oxygen atoms in total. The number of rotatable bonds is 1. The number of hydrogen-bond donors (Lipinski definition) is 1. The number of nitrogens with one attached hydrogen (secondary N) is 1. The number of carbonyl (C=O) groups excluding carboxylic acids is 1. The van der Waals surface area contributed by atoms with Gasteiger partial charge in [-0.25, -0.2) is 0 Å². The molecule has 0 spiro atoms. The molecule has 2 bridgehead atoms. The van der Waals surface area contributed by atoms with Crippen molar-refractivity contribution >= 4 is 5.91 Å². The predicted molar refractivity (Wildman–Crippen MR) is 59.9 cm³/mol. The monoisotopic (exact) mass is 222 g/mol. The van der Waals surface area contributed by atoms with Crippen LogP contribution in [0.3, 0.4) is 0 Å². The first-order valence-corrected chi connectivity index (χ1v) is 6.10. The van der Waals surface area contributed by atoms with Crippen LogP contribution >= 0.6 is 0 Å². The van der Waals surface area contributed by atoms with Crippen molar-refractivity contribution in [2.45, 2.75) is 19.1 Å². The van der Waals surface area contributed by atoms with Gasteiger partial charge in [-0.3, -0.25) is 4.79 Å². The van der Waals surface area contributed by atoms with Gasteiger partial charge in [0.2, 0.25) is 5.91 Å². The Morgan fingerprint density at radius 2 is 2.00 bits per heavy atom. The highest BCUT2D eigenvalue weighted by Crippen LogP contribution is 2.39. The number of amides is 1. The van der Waals surface area contributed by atoms with Crippen molar-refractivity contribution in [1.29, 1.82) is 0 Å². The molecule has 1 N–H and O–H groups in total. The second-order valence-corrected chi connectivity index (χ2v) is 4.91. The van der Waals surface area contributed by atoms with Crippen LogP contribution < -0.4 is 5.32 Å². The van der Waals surface area contributed by atoms with Gasteiger partial charge in [0.25, 0.3) is 0 Å². The van der Waals surface area contributed by atoms with Crippen LogP contribution in [0.1, 0.15) is 6.92 Å². The molecule has 16 heavy (non-hydrogen) atoms. The summed E-state index contributed by atoms with van der Waals surface area (Å²) in [5, 5.41) is 3.27. The summed E-state index contributed by atoms with van der Waals surface area (Å²) in [6.45, 7) is 5.63. The fraction of sp³-hybridized carbons (Fsp3) is 0.750. The molecule has 0 aliphatic carbocycles. The Morgan fingerprint density at radius 1 is 1.31 bits per heavy atom. The van der Waals surface area contributed by atoms with E-state index in [9.17, 15) is 4.79 Å². The highest BCUT2D eigenvalue weighted by molar-refractivity contribution is 5.81. The minimum Gasteiger partial charge on any atom is -0.366 e. The van der Waals surface area contributed by atoms with Crippen LogP contribution in [0.15, 0.2) is 12.2 Å². The summed E-state index contributed by atoms with van der Waals surface area (Å²) in [6, 6.07) is 0. The quantitative estimate of drug-likeness (QED) is 0.635. The second kappa shape index (κ2) is 3.86. The van der Waals surface area contributed by atoms with Gasteiger partial charge in [-0.15, -0.1) is 0 Å². The standard InChI is InChI=1S/C12H18N2O2/c1-8-9-2-3-10(16-9)11(8)12(15)14-6-4-13-5-7-14/h2-3,8-11,13H,4-7H2,1H3. The number of fused-ring (bicyclic) bond motifs is 2. The van der Waals surface area contributed by atoms with Crippen molar-refractivity contribution in [1.82, 2.24) is 10.2 Å². The van der Waals surface area contributed by atoms with E-state index < -0.39 is 0 Å². The summed E-state index contributed by atoms with van der Waals surface area (Å²) >= 11 is 0. The molecule has 3 rings (SSSR count). The fourth-order valence-electron chi connectivity index (χ4n) is 2.96. The summed E-state index contributed by atoms with van der Waals surface area (Å²) in [6.07, 6.45) is 4.34. The molecule has 3 aliphatic heterocycles. The number of ether oxygens (including phenoxy) is 1. The number of carbonyl (C=O) groups is 1. The summed E-state index contributed by atoms with van der Waals surface area (Å²) in [5.74, 6) is 0.663. The highest BCUT2D eigenvalue weighted by Gasteiger charge is 2.48. The minimum absolute atomic E-state index is 0.0300. The topological polar surface area (TPSA) is 41.6 Å². The first-order chi connectivity index (χ1) is 7.77. The van der Waals surface area contributed by atoms with Crippen LogP contribution in [0.5, 0.6) is 0 Å². The molecule has 4 atom stereocenters. The third-order valence-electron chi connectivity index (χ3n) is 3.96.